The molecule has 0 unspecified atom stereocenters. The van der Waals surface area contributed by atoms with Gasteiger partial charge in [-0.1, -0.05) is 19.1 Å². The Morgan fingerprint density at radius 1 is 0.943 bits per heavy atom. The van der Waals surface area contributed by atoms with Gasteiger partial charge in [-0.3, -0.25) is 4.79 Å². The summed E-state index contributed by atoms with van der Waals surface area (Å²) in [4.78, 5) is 12.5. The number of methoxy groups -OCH3 is 1. The maximum absolute atomic E-state index is 13.4. The van der Waals surface area contributed by atoms with Gasteiger partial charge in [-0.2, -0.15) is 5.10 Å². The second kappa shape index (κ2) is 13.0. The van der Waals surface area contributed by atoms with Crippen LogP contribution in [-0.2, 0) is 6.61 Å². The van der Waals surface area contributed by atoms with E-state index >= 15 is 0 Å². The molecule has 0 aliphatic carbocycles. The first kappa shape index (κ1) is 25.6. The van der Waals surface area contributed by atoms with E-state index in [1.807, 2.05) is 13.8 Å². The molecule has 3 rings (SSSR count). The first-order chi connectivity index (χ1) is 17.0. The smallest absolute Gasteiger partial charge is 0.271 e. The van der Waals surface area contributed by atoms with Gasteiger partial charge < -0.3 is 18.9 Å². The fourth-order valence-corrected chi connectivity index (χ4v) is 3.15. The summed E-state index contributed by atoms with van der Waals surface area (Å²) in [6, 6.07) is 16.4. The van der Waals surface area contributed by atoms with E-state index in [4.69, 9.17) is 18.9 Å². The molecular weight excluding hydrogens is 451 g/mol. The number of nitrogens with one attached hydrogen (secondary N) is 1. The lowest BCUT2D eigenvalue weighted by atomic mass is 10.2. The number of benzene rings is 3. The van der Waals surface area contributed by atoms with Crippen molar-refractivity contribution in [3.63, 3.8) is 0 Å². The number of hydrazone groups is 1. The van der Waals surface area contributed by atoms with Crippen LogP contribution in [-0.4, -0.2) is 32.4 Å². The highest BCUT2D eigenvalue weighted by Gasteiger charge is 2.11. The number of carbonyl (C=O) groups excluding carboxylic acids is 1. The number of amides is 1. The van der Waals surface area contributed by atoms with E-state index in [9.17, 15) is 9.18 Å². The van der Waals surface area contributed by atoms with Crippen LogP contribution in [0.5, 0.6) is 23.0 Å². The standard InChI is InChI=1S/C27H29FN2O5/c1-4-13-34-24-12-10-21(16-26(24)33-5-2)27(31)30-29-17-19-9-11-23(25(15-19)32-3)35-18-20-7-6-8-22(28)14-20/h6-12,14-17H,4-5,13,18H2,1-3H3,(H,30,31)/b29-17+. The van der Waals surface area contributed by atoms with Gasteiger partial charge >= 0.3 is 0 Å². The van der Waals surface area contributed by atoms with Gasteiger partial charge in [0.15, 0.2) is 23.0 Å². The molecule has 0 fully saturated rings. The van der Waals surface area contributed by atoms with Crippen molar-refractivity contribution in [2.45, 2.75) is 26.9 Å². The molecule has 0 heterocycles. The summed E-state index contributed by atoms with van der Waals surface area (Å²) in [6.07, 6.45) is 2.37. The summed E-state index contributed by atoms with van der Waals surface area (Å²) in [5.41, 5.74) is 4.31. The number of carbonyl (C=O) groups is 1. The second-order valence-electron chi connectivity index (χ2n) is 7.47. The quantitative estimate of drug-likeness (QED) is 0.279. The maximum Gasteiger partial charge on any atom is 0.271 e. The third-order valence-corrected chi connectivity index (χ3v) is 4.82. The van der Waals surface area contributed by atoms with E-state index in [2.05, 4.69) is 10.5 Å². The molecule has 0 aliphatic rings. The van der Waals surface area contributed by atoms with E-state index < -0.39 is 0 Å². The molecule has 3 aromatic carbocycles. The van der Waals surface area contributed by atoms with E-state index in [-0.39, 0.29) is 18.3 Å². The molecule has 8 heteroatoms. The van der Waals surface area contributed by atoms with Crippen molar-refractivity contribution in [1.82, 2.24) is 5.43 Å². The van der Waals surface area contributed by atoms with Crippen LogP contribution in [0.2, 0.25) is 0 Å². The van der Waals surface area contributed by atoms with E-state index in [1.165, 1.54) is 25.5 Å². The lowest BCUT2D eigenvalue weighted by molar-refractivity contribution is 0.0954. The zero-order valence-electron chi connectivity index (χ0n) is 20.0. The topological polar surface area (TPSA) is 78.4 Å². The lowest BCUT2D eigenvalue weighted by Crippen LogP contribution is -2.17. The molecule has 0 saturated carbocycles. The largest absolute Gasteiger partial charge is 0.493 e. The van der Waals surface area contributed by atoms with E-state index in [1.54, 1.807) is 48.5 Å². The molecule has 0 atom stereocenters. The predicted octanol–water partition coefficient (Wildman–Crippen LogP) is 5.36. The summed E-state index contributed by atoms with van der Waals surface area (Å²) in [7, 11) is 1.52. The highest BCUT2D eigenvalue weighted by Crippen LogP contribution is 2.29. The first-order valence-corrected chi connectivity index (χ1v) is 11.3. The zero-order chi connectivity index (χ0) is 25.0. The molecule has 0 aliphatic heterocycles. The van der Waals surface area contributed by atoms with Crippen molar-refractivity contribution < 1.29 is 28.1 Å². The Kier molecular flexibility index (Phi) is 9.48. The van der Waals surface area contributed by atoms with Crippen molar-refractivity contribution in [3.8, 4) is 23.0 Å². The van der Waals surface area contributed by atoms with Gasteiger partial charge in [0.1, 0.15) is 12.4 Å². The van der Waals surface area contributed by atoms with Crippen molar-refractivity contribution in [3.05, 3.63) is 83.2 Å². The van der Waals surface area contributed by atoms with Crippen molar-refractivity contribution in [2.24, 2.45) is 5.10 Å². The second-order valence-corrected chi connectivity index (χ2v) is 7.47. The molecular formula is C27H29FN2O5. The minimum absolute atomic E-state index is 0.198. The molecule has 1 amide bonds. The van der Waals surface area contributed by atoms with E-state index in [0.717, 1.165) is 6.42 Å². The average molecular weight is 481 g/mol. The Balaban J connectivity index is 1.63. The van der Waals surface area contributed by atoms with Crippen molar-refractivity contribution >= 4 is 12.1 Å². The fraction of sp³-hybridized carbons (Fsp3) is 0.259. The SMILES string of the molecule is CCCOc1ccc(C(=O)N/N=C/c2ccc(OCc3cccc(F)c3)c(OC)c2)cc1OCC. The van der Waals surface area contributed by atoms with Crippen molar-refractivity contribution in [2.75, 3.05) is 20.3 Å². The Labute approximate surface area is 204 Å². The summed E-state index contributed by atoms with van der Waals surface area (Å²) >= 11 is 0. The van der Waals surface area contributed by atoms with Crippen LogP contribution in [0.1, 0.15) is 41.8 Å². The number of halogens is 1. The summed E-state index contributed by atoms with van der Waals surface area (Å²) in [5.74, 6) is 1.40. The van der Waals surface area contributed by atoms with Gasteiger partial charge in [0.25, 0.3) is 5.91 Å². The van der Waals surface area contributed by atoms with Crippen LogP contribution in [0.25, 0.3) is 0 Å². The van der Waals surface area contributed by atoms with Gasteiger partial charge in [0.05, 0.1) is 26.5 Å². The minimum Gasteiger partial charge on any atom is -0.493 e. The molecule has 3 aromatic rings. The summed E-state index contributed by atoms with van der Waals surface area (Å²) in [5, 5.41) is 4.04. The summed E-state index contributed by atoms with van der Waals surface area (Å²) < 4.78 is 35.8. The van der Waals surface area contributed by atoms with Crippen LogP contribution in [0.3, 0.4) is 0 Å². The van der Waals surface area contributed by atoms with Crippen molar-refractivity contribution in [1.29, 1.82) is 0 Å². The van der Waals surface area contributed by atoms with Crippen LogP contribution >= 0.6 is 0 Å². The Bertz CT molecular complexity index is 1170. The average Bonchev–Trinajstić information content (AvgIpc) is 2.87. The van der Waals surface area contributed by atoms with E-state index in [0.29, 0.717) is 52.9 Å². The molecule has 1 N–H and O–H groups in total. The summed E-state index contributed by atoms with van der Waals surface area (Å²) in [6.45, 7) is 5.10. The van der Waals surface area contributed by atoms with Crippen LogP contribution in [0.4, 0.5) is 4.39 Å². The molecule has 0 bridgehead atoms. The molecule has 0 saturated heterocycles. The molecule has 184 valence electrons. The van der Waals surface area contributed by atoms with Crippen LogP contribution in [0.15, 0.2) is 65.8 Å². The number of hydrogen-bond donors (Lipinski definition) is 1. The first-order valence-electron chi connectivity index (χ1n) is 11.3. The van der Waals surface area contributed by atoms with Crippen LogP contribution < -0.4 is 24.4 Å². The van der Waals surface area contributed by atoms with Gasteiger partial charge in [0, 0.05) is 5.56 Å². The van der Waals surface area contributed by atoms with Gasteiger partial charge in [-0.25, -0.2) is 9.82 Å². The highest BCUT2D eigenvalue weighted by molar-refractivity contribution is 5.95. The number of rotatable bonds is 12. The third-order valence-electron chi connectivity index (χ3n) is 4.82. The van der Waals surface area contributed by atoms with Gasteiger partial charge in [0.2, 0.25) is 0 Å². The number of ether oxygens (including phenoxy) is 4. The Hall–Kier alpha value is -4.07. The van der Waals surface area contributed by atoms with Gasteiger partial charge in [-0.05, 0) is 73.0 Å². The normalized spacial score (nSPS) is 10.7. The number of hydrogen-bond acceptors (Lipinski definition) is 6. The molecule has 35 heavy (non-hydrogen) atoms. The lowest BCUT2D eigenvalue weighted by Gasteiger charge is -2.12. The highest BCUT2D eigenvalue weighted by atomic mass is 19.1. The molecule has 0 radical (unpaired) electrons. The Morgan fingerprint density at radius 3 is 2.49 bits per heavy atom. The number of nitrogens with zero attached hydrogens (tertiary/aromatic N) is 1. The Morgan fingerprint density at radius 2 is 1.74 bits per heavy atom. The van der Waals surface area contributed by atoms with Gasteiger partial charge in [-0.15, -0.1) is 0 Å². The maximum atomic E-state index is 13.4. The molecule has 0 spiro atoms. The van der Waals surface area contributed by atoms with Crippen LogP contribution in [0, 0.1) is 5.82 Å². The predicted molar refractivity (Wildman–Crippen MR) is 132 cm³/mol. The zero-order valence-corrected chi connectivity index (χ0v) is 20.0. The molecule has 0 aromatic heterocycles. The molecule has 7 nitrogen and oxygen atoms in total. The fourth-order valence-electron chi connectivity index (χ4n) is 3.15. The third kappa shape index (κ3) is 7.46. The monoisotopic (exact) mass is 480 g/mol. The minimum atomic E-state index is -0.383.